The van der Waals surface area contributed by atoms with E-state index in [4.69, 9.17) is 21.1 Å². The molecule has 3 aliphatic rings. The van der Waals surface area contributed by atoms with Crippen molar-refractivity contribution in [2.24, 2.45) is 5.92 Å². The lowest BCUT2D eigenvalue weighted by Crippen LogP contribution is -2.65. The standard InChI is InChI=1S/C17H30ClN3O6S.CH3FS/c1-7(18)9(15-12(23)11(22)13(24)17(27-15)28-2)21-16(25)10-14-8(6-20-10)5-19-3-4-26-14;1-3-2/h7-15,17,19-20,22-24H,3-6H2,1-2H3,(H,21,25);1H3/t7-,8-,9+,10-,11+,12?,13+,14+,15+,17?;/m0./s1. The summed E-state index contributed by atoms with van der Waals surface area (Å²) in [5.74, 6) is -0.0940. The van der Waals surface area contributed by atoms with E-state index in [1.165, 1.54) is 18.0 Å². The largest absolute Gasteiger partial charge is 0.388 e. The molecule has 0 bridgehead atoms. The van der Waals surface area contributed by atoms with Crippen LogP contribution in [0, 0.1) is 5.92 Å². The zero-order chi connectivity index (χ0) is 23.1. The van der Waals surface area contributed by atoms with Crippen molar-refractivity contribution in [2.45, 2.75) is 60.3 Å². The lowest BCUT2D eigenvalue weighted by molar-refractivity contribution is -0.205. The molecule has 0 radical (unpaired) electrons. The van der Waals surface area contributed by atoms with E-state index in [1.54, 1.807) is 13.2 Å². The Balaban J connectivity index is 0.00000107. The fraction of sp³-hybridized carbons (Fsp3) is 0.944. The number of nitrogens with one attached hydrogen (secondary N) is 3. The van der Waals surface area contributed by atoms with Gasteiger partial charge in [-0.2, -0.15) is 3.89 Å². The zero-order valence-corrected chi connectivity index (χ0v) is 20.1. The number of fused-ring (bicyclic) bond motifs is 1. The lowest BCUT2D eigenvalue weighted by atomic mass is 9.92. The Labute approximate surface area is 195 Å². The summed E-state index contributed by atoms with van der Waals surface area (Å²) in [5.41, 5.74) is -0.733. The Morgan fingerprint density at radius 1 is 1.23 bits per heavy atom. The van der Waals surface area contributed by atoms with Gasteiger partial charge in [0.15, 0.2) is 0 Å². The number of carbonyl (C=O) groups excluding carboxylic acids is 1. The molecular weight excluding hydrogens is 473 g/mol. The van der Waals surface area contributed by atoms with E-state index in [-0.39, 0.29) is 30.1 Å². The molecule has 3 fully saturated rings. The lowest BCUT2D eigenvalue weighted by Gasteiger charge is -2.44. The summed E-state index contributed by atoms with van der Waals surface area (Å²) in [6.07, 6.45) is -2.10. The first kappa shape index (κ1) is 27.4. The van der Waals surface area contributed by atoms with Gasteiger partial charge in [0.2, 0.25) is 5.91 Å². The van der Waals surface area contributed by atoms with Crippen LogP contribution in [-0.2, 0) is 14.3 Å². The molecule has 3 saturated heterocycles. The summed E-state index contributed by atoms with van der Waals surface area (Å²) >= 11 is 7.78. The van der Waals surface area contributed by atoms with E-state index in [2.05, 4.69) is 16.0 Å². The summed E-state index contributed by atoms with van der Waals surface area (Å²) in [6, 6.07) is -1.29. The number of alkyl halides is 1. The average molecular weight is 506 g/mol. The minimum atomic E-state index is -1.39. The van der Waals surface area contributed by atoms with Crippen LogP contribution in [0.3, 0.4) is 0 Å². The molecule has 0 saturated carbocycles. The van der Waals surface area contributed by atoms with Crippen molar-refractivity contribution in [3.05, 3.63) is 0 Å². The van der Waals surface area contributed by atoms with E-state index < -0.39 is 47.3 Å². The number of aliphatic hydroxyl groups excluding tert-OH is 3. The van der Waals surface area contributed by atoms with Gasteiger partial charge in [0.05, 0.1) is 24.1 Å². The highest BCUT2D eigenvalue weighted by Crippen LogP contribution is 2.30. The number of amides is 1. The van der Waals surface area contributed by atoms with E-state index >= 15 is 0 Å². The first-order valence-electron chi connectivity index (χ1n) is 10.1. The van der Waals surface area contributed by atoms with Crippen molar-refractivity contribution in [1.29, 1.82) is 0 Å². The fourth-order valence-corrected chi connectivity index (χ4v) is 4.96. The Bertz CT molecular complexity index is 570. The minimum absolute atomic E-state index is 0.194. The predicted octanol–water partition coefficient (Wildman–Crippen LogP) is -0.921. The van der Waals surface area contributed by atoms with Gasteiger partial charge < -0.3 is 40.7 Å². The maximum Gasteiger partial charge on any atom is 0.240 e. The highest BCUT2D eigenvalue weighted by Gasteiger charge is 2.49. The number of aliphatic hydroxyl groups is 3. The van der Waals surface area contributed by atoms with Gasteiger partial charge in [-0.25, -0.2) is 0 Å². The van der Waals surface area contributed by atoms with Gasteiger partial charge in [0.25, 0.3) is 0 Å². The molecule has 0 aromatic heterocycles. The molecule has 10 atom stereocenters. The molecule has 9 nitrogen and oxygen atoms in total. The smallest absolute Gasteiger partial charge is 0.240 e. The van der Waals surface area contributed by atoms with Gasteiger partial charge >= 0.3 is 0 Å². The minimum Gasteiger partial charge on any atom is -0.388 e. The van der Waals surface area contributed by atoms with Gasteiger partial charge in [-0.05, 0) is 13.2 Å². The van der Waals surface area contributed by atoms with E-state index in [1.807, 2.05) is 0 Å². The van der Waals surface area contributed by atoms with Gasteiger partial charge in [0, 0.05) is 44.0 Å². The van der Waals surface area contributed by atoms with Gasteiger partial charge in [0.1, 0.15) is 35.9 Å². The third-order valence-corrected chi connectivity index (χ3v) is 6.79. The van der Waals surface area contributed by atoms with Gasteiger partial charge in [-0.15, -0.1) is 23.4 Å². The van der Waals surface area contributed by atoms with Crippen LogP contribution >= 0.6 is 35.5 Å². The van der Waals surface area contributed by atoms with Crippen LogP contribution in [0.4, 0.5) is 3.89 Å². The topological polar surface area (TPSA) is 132 Å². The van der Waals surface area contributed by atoms with E-state index in [0.29, 0.717) is 13.2 Å². The molecular formula is C18H33ClFN3O6S2. The number of halogens is 2. The number of carbonyl (C=O) groups is 1. The Hall–Kier alpha value is 0.110. The van der Waals surface area contributed by atoms with Crippen molar-refractivity contribution < 1.29 is 33.5 Å². The van der Waals surface area contributed by atoms with Crippen LogP contribution in [0.1, 0.15) is 6.92 Å². The van der Waals surface area contributed by atoms with Crippen LogP contribution in [0.25, 0.3) is 0 Å². The number of hydrogen-bond donors (Lipinski definition) is 6. The van der Waals surface area contributed by atoms with Crippen LogP contribution in [-0.4, -0.2) is 113 Å². The molecule has 13 heteroatoms. The van der Waals surface area contributed by atoms with Crippen molar-refractivity contribution in [3.8, 4) is 0 Å². The number of ether oxygens (including phenoxy) is 2. The predicted molar refractivity (Wildman–Crippen MR) is 120 cm³/mol. The Morgan fingerprint density at radius 2 is 1.90 bits per heavy atom. The van der Waals surface area contributed by atoms with Crippen molar-refractivity contribution >= 4 is 41.4 Å². The molecule has 3 heterocycles. The summed E-state index contributed by atoms with van der Waals surface area (Å²) < 4.78 is 21.9. The number of thioether (sulfide) groups is 1. The molecule has 0 spiro atoms. The van der Waals surface area contributed by atoms with Crippen LogP contribution in [0.15, 0.2) is 0 Å². The zero-order valence-electron chi connectivity index (χ0n) is 17.7. The summed E-state index contributed by atoms with van der Waals surface area (Å²) in [6.45, 7) is 4.41. The van der Waals surface area contributed by atoms with Crippen LogP contribution < -0.4 is 16.0 Å². The normalized spacial score (nSPS) is 40.0. The number of hydrogen-bond acceptors (Lipinski definition) is 10. The quantitative estimate of drug-likeness (QED) is 0.261. The molecule has 0 aromatic carbocycles. The third kappa shape index (κ3) is 6.81. The molecule has 3 aliphatic heterocycles. The SMILES string of the molecule is CSC1O[C@H]([C@H](NC(=O)[C@H]2NC[C@@H]3CNCCO[C@H]32)[C@H](C)Cl)C(O)[C@@H](O)[C@H]1O.CSF. The first-order chi connectivity index (χ1) is 14.8. The molecule has 2 unspecified atom stereocenters. The van der Waals surface area contributed by atoms with E-state index in [0.717, 1.165) is 13.1 Å². The Morgan fingerprint density at radius 3 is 2.52 bits per heavy atom. The average Bonchev–Trinajstić information content (AvgIpc) is 3.00. The van der Waals surface area contributed by atoms with Crippen molar-refractivity contribution in [2.75, 3.05) is 38.8 Å². The van der Waals surface area contributed by atoms with Gasteiger partial charge in [-0.1, -0.05) is 0 Å². The molecule has 31 heavy (non-hydrogen) atoms. The molecule has 3 rings (SSSR count). The fourth-order valence-electron chi connectivity index (χ4n) is 4.08. The molecule has 0 aromatic rings. The van der Waals surface area contributed by atoms with Crippen molar-refractivity contribution in [3.63, 3.8) is 0 Å². The highest BCUT2D eigenvalue weighted by atomic mass is 35.5. The molecule has 0 aliphatic carbocycles. The van der Waals surface area contributed by atoms with Crippen molar-refractivity contribution in [1.82, 2.24) is 16.0 Å². The van der Waals surface area contributed by atoms with Crippen LogP contribution in [0.5, 0.6) is 0 Å². The summed E-state index contributed by atoms with van der Waals surface area (Å²) in [4.78, 5) is 13.0. The number of rotatable bonds is 5. The molecule has 1 amide bonds. The summed E-state index contributed by atoms with van der Waals surface area (Å²) in [5, 5.41) is 39.5. The molecule has 6 N–H and O–H groups in total. The maximum absolute atomic E-state index is 13.0. The summed E-state index contributed by atoms with van der Waals surface area (Å²) in [7, 11) is 0. The first-order valence-corrected chi connectivity index (χ1v) is 13.0. The molecule has 182 valence electrons. The van der Waals surface area contributed by atoms with Crippen LogP contribution in [0.2, 0.25) is 0 Å². The second-order valence-corrected chi connectivity index (χ2v) is 9.66. The second-order valence-electron chi connectivity index (χ2n) is 7.73. The Kier molecular flexibility index (Phi) is 11.6. The second kappa shape index (κ2) is 13.1. The van der Waals surface area contributed by atoms with E-state index in [9.17, 15) is 24.0 Å². The highest BCUT2D eigenvalue weighted by molar-refractivity contribution is 7.99. The maximum atomic E-state index is 13.0. The third-order valence-electron chi connectivity index (χ3n) is 5.67. The van der Waals surface area contributed by atoms with Gasteiger partial charge in [-0.3, -0.25) is 4.79 Å². The monoisotopic (exact) mass is 505 g/mol.